The minimum atomic E-state index is -0.171. The molecule has 0 saturated carbocycles. The third kappa shape index (κ3) is 6.37. The van der Waals surface area contributed by atoms with E-state index in [-0.39, 0.29) is 12.1 Å². The summed E-state index contributed by atoms with van der Waals surface area (Å²) in [5.41, 5.74) is 1.03. The summed E-state index contributed by atoms with van der Waals surface area (Å²) < 4.78 is 10.8. The molecule has 0 aliphatic carbocycles. The Morgan fingerprint density at radius 2 is 2.08 bits per heavy atom. The molecule has 0 spiro atoms. The second kappa shape index (κ2) is 9.49. The van der Waals surface area contributed by atoms with Gasteiger partial charge in [-0.25, -0.2) is 4.79 Å². The smallest absolute Gasteiger partial charge is 0.315 e. The number of hydrogen-bond donors (Lipinski definition) is 2. The van der Waals surface area contributed by atoms with Crippen molar-refractivity contribution >= 4 is 6.03 Å². The molecule has 24 heavy (non-hydrogen) atoms. The molecular formula is C18H29N3O3. The fraction of sp³-hybridized carbons (Fsp3) is 0.611. The molecule has 2 amide bonds. The zero-order chi connectivity index (χ0) is 17.4. The maximum atomic E-state index is 11.9. The lowest BCUT2D eigenvalue weighted by atomic mass is 10.2. The summed E-state index contributed by atoms with van der Waals surface area (Å²) in [6.45, 7) is 9.10. The number of methoxy groups -OCH3 is 1. The first kappa shape index (κ1) is 18.5. The van der Waals surface area contributed by atoms with Gasteiger partial charge >= 0.3 is 6.03 Å². The van der Waals surface area contributed by atoms with Crippen molar-refractivity contribution in [3.8, 4) is 5.75 Å². The summed E-state index contributed by atoms with van der Waals surface area (Å²) in [6.07, 6.45) is 0.0595. The van der Waals surface area contributed by atoms with E-state index < -0.39 is 0 Å². The summed E-state index contributed by atoms with van der Waals surface area (Å²) in [5, 5.41) is 5.75. The molecule has 0 radical (unpaired) electrons. The Morgan fingerprint density at radius 3 is 2.75 bits per heavy atom. The normalized spacial score (nSPS) is 18.4. The van der Waals surface area contributed by atoms with Crippen LogP contribution in [0.25, 0.3) is 0 Å². The number of rotatable bonds is 7. The quantitative estimate of drug-likeness (QED) is 0.798. The SMILES string of the molecule is COc1ccc(CNC(=O)NC[C@H]2CN(CC(C)C)CCO2)cc1. The van der Waals surface area contributed by atoms with Crippen molar-refractivity contribution in [2.75, 3.05) is 39.9 Å². The topological polar surface area (TPSA) is 62.8 Å². The van der Waals surface area contributed by atoms with E-state index in [2.05, 4.69) is 29.4 Å². The number of morpholine rings is 1. The fourth-order valence-electron chi connectivity index (χ4n) is 2.78. The van der Waals surface area contributed by atoms with E-state index in [0.29, 0.717) is 19.0 Å². The van der Waals surface area contributed by atoms with Crippen molar-refractivity contribution < 1.29 is 14.3 Å². The van der Waals surface area contributed by atoms with E-state index in [1.54, 1.807) is 7.11 Å². The molecule has 1 aliphatic rings. The van der Waals surface area contributed by atoms with Crippen LogP contribution in [0.15, 0.2) is 24.3 Å². The highest BCUT2D eigenvalue weighted by atomic mass is 16.5. The Morgan fingerprint density at radius 1 is 1.33 bits per heavy atom. The van der Waals surface area contributed by atoms with E-state index in [1.165, 1.54) is 0 Å². The van der Waals surface area contributed by atoms with Crippen molar-refractivity contribution in [1.82, 2.24) is 15.5 Å². The van der Waals surface area contributed by atoms with Gasteiger partial charge in [0, 0.05) is 32.7 Å². The van der Waals surface area contributed by atoms with Gasteiger partial charge in [0.1, 0.15) is 5.75 Å². The van der Waals surface area contributed by atoms with Crippen LogP contribution in [-0.2, 0) is 11.3 Å². The molecule has 1 atom stereocenters. The van der Waals surface area contributed by atoms with Crippen molar-refractivity contribution in [2.45, 2.75) is 26.5 Å². The molecule has 1 aromatic rings. The Labute approximate surface area is 144 Å². The molecule has 0 unspecified atom stereocenters. The Balaban J connectivity index is 1.66. The Bertz CT molecular complexity index is 505. The molecule has 6 heteroatoms. The molecule has 1 aliphatic heterocycles. The lowest BCUT2D eigenvalue weighted by molar-refractivity contribution is -0.0290. The first-order valence-corrected chi connectivity index (χ1v) is 8.55. The molecule has 1 saturated heterocycles. The van der Waals surface area contributed by atoms with Gasteiger partial charge in [-0.05, 0) is 23.6 Å². The van der Waals surface area contributed by atoms with E-state index >= 15 is 0 Å². The summed E-state index contributed by atoms with van der Waals surface area (Å²) in [4.78, 5) is 14.3. The van der Waals surface area contributed by atoms with Crippen molar-refractivity contribution in [3.63, 3.8) is 0 Å². The average Bonchev–Trinajstić information content (AvgIpc) is 2.58. The van der Waals surface area contributed by atoms with Crippen LogP contribution in [0.2, 0.25) is 0 Å². The minimum absolute atomic E-state index is 0.0595. The molecule has 2 rings (SSSR count). The number of amides is 2. The first-order chi connectivity index (χ1) is 11.6. The molecule has 0 bridgehead atoms. The van der Waals surface area contributed by atoms with E-state index in [1.807, 2.05) is 24.3 Å². The highest BCUT2D eigenvalue weighted by Gasteiger charge is 2.21. The van der Waals surface area contributed by atoms with Crippen LogP contribution in [0.3, 0.4) is 0 Å². The van der Waals surface area contributed by atoms with Gasteiger partial charge in [0.2, 0.25) is 0 Å². The van der Waals surface area contributed by atoms with E-state index in [0.717, 1.165) is 37.6 Å². The summed E-state index contributed by atoms with van der Waals surface area (Å²) in [5.74, 6) is 1.45. The van der Waals surface area contributed by atoms with Crippen LogP contribution in [-0.4, -0.2) is 56.9 Å². The van der Waals surface area contributed by atoms with Crippen LogP contribution in [0.4, 0.5) is 4.79 Å². The van der Waals surface area contributed by atoms with Gasteiger partial charge in [-0.15, -0.1) is 0 Å². The molecule has 6 nitrogen and oxygen atoms in total. The van der Waals surface area contributed by atoms with Gasteiger partial charge < -0.3 is 20.1 Å². The molecule has 1 aromatic carbocycles. The van der Waals surface area contributed by atoms with Gasteiger partial charge in [-0.3, -0.25) is 4.90 Å². The fourth-order valence-corrected chi connectivity index (χ4v) is 2.78. The van der Waals surface area contributed by atoms with Crippen LogP contribution in [0.1, 0.15) is 19.4 Å². The number of carbonyl (C=O) groups excluding carboxylic acids is 1. The average molecular weight is 335 g/mol. The van der Waals surface area contributed by atoms with Gasteiger partial charge in [0.15, 0.2) is 0 Å². The minimum Gasteiger partial charge on any atom is -0.497 e. The lowest BCUT2D eigenvalue weighted by Crippen LogP contribution is -2.49. The van der Waals surface area contributed by atoms with Gasteiger partial charge in [-0.1, -0.05) is 26.0 Å². The Hall–Kier alpha value is -1.79. The summed E-state index contributed by atoms with van der Waals surface area (Å²) in [7, 11) is 1.64. The number of urea groups is 1. The Kier molecular flexibility index (Phi) is 7.34. The third-order valence-corrected chi connectivity index (χ3v) is 3.95. The molecule has 2 N–H and O–H groups in total. The van der Waals surface area contributed by atoms with Crippen molar-refractivity contribution in [1.29, 1.82) is 0 Å². The van der Waals surface area contributed by atoms with Crippen LogP contribution < -0.4 is 15.4 Å². The largest absolute Gasteiger partial charge is 0.497 e. The monoisotopic (exact) mass is 335 g/mol. The highest BCUT2D eigenvalue weighted by molar-refractivity contribution is 5.73. The maximum absolute atomic E-state index is 11.9. The highest BCUT2D eigenvalue weighted by Crippen LogP contribution is 2.11. The number of benzene rings is 1. The number of hydrogen-bond acceptors (Lipinski definition) is 4. The van der Waals surface area contributed by atoms with Crippen molar-refractivity contribution in [2.24, 2.45) is 5.92 Å². The first-order valence-electron chi connectivity index (χ1n) is 8.55. The lowest BCUT2D eigenvalue weighted by Gasteiger charge is -2.33. The zero-order valence-electron chi connectivity index (χ0n) is 14.9. The van der Waals surface area contributed by atoms with Crippen LogP contribution in [0.5, 0.6) is 5.75 Å². The van der Waals surface area contributed by atoms with Gasteiger partial charge in [-0.2, -0.15) is 0 Å². The second-order valence-electron chi connectivity index (χ2n) is 6.56. The standard InChI is InChI=1S/C18H29N3O3/c1-14(2)12-21-8-9-24-17(13-21)11-20-18(22)19-10-15-4-6-16(23-3)7-5-15/h4-7,14,17H,8-13H2,1-3H3,(H2,19,20,22)/t17-/m0/s1. The number of ether oxygens (including phenoxy) is 2. The van der Waals surface area contributed by atoms with Crippen LogP contribution in [0, 0.1) is 5.92 Å². The number of nitrogens with one attached hydrogen (secondary N) is 2. The maximum Gasteiger partial charge on any atom is 0.315 e. The molecule has 1 fully saturated rings. The van der Waals surface area contributed by atoms with Gasteiger partial charge in [0.05, 0.1) is 19.8 Å². The summed E-state index contributed by atoms with van der Waals surface area (Å²) >= 11 is 0. The molecule has 1 heterocycles. The molecular weight excluding hydrogens is 306 g/mol. The zero-order valence-corrected chi connectivity index (χ0v) is 14.9. The van der Waals surface area contributed by atoms with Crippen LogP contribution >= 0.6 is 0 Å². The van der Waals surface area contributed by atoms with E-state index in [9.17, 15) is 4.79 Å². The predicted octanol–water partition coefficient (Wildman–Crippen LogP) is 1.85. The number of nitrogens with zero attached hydrogens (tertiary/aromatic N) is 1. The van der Waals surface area contributed by atoms with Gasteiger partial charge in [0.25, 0.3) is 0 Å². The summed E-state index contributed by atoms with van der Waals surface area (Å²) in [6, 6.07) is 7.47. The second-order valence-corrected chi connectivity index (χ2v) is 6.56. The van der Waals surface area contributed by atoms with E-state index in [4.69, 9.17) is 9.47 Å². The van der Waals surface area contributed by atoms with Crippen molar-refractivity contribution in [3.05, 3.63) is 29.8 Å². The third-order valence-electron chi connectivity index (χ3n) is 3.95. The number of carbonyl (C=O) groups is 1. The molecule has 134 valence electrons. The molecule has 0 aromatic heterocycles. The predicted molar refractivity (Wildman–Crippen MR) is 94.3 cm³/mol.